The molecule has 2 saturated heterocycles. The summed E-state index contributed by atoms with van der Waals surface area (Å²) in [6, 6.07) is 4.30. The van der Waals surface area contributed by atoms with Crippen LogP contribution in [-0.2, 0) is 20.7 Å². The molecular weight excluding hydrogens is 418 g/mol. The van der Waals surface area contributed by atoms with Crippen molar-refractivity contribution in [1.82, 2.24) is 4.90 Å². The highest BCUT2D eigenvalue weighted by Crippen LogP contribution is 2.55. The van der Waals surface area contributed by atoms with E-state index in [2.05, 4.69) is 43.9 Å². The minimum Gasteiger partial charge on any atom is -0.455 e. The fraction of sp³-hybridized carbons (Fsp3) is 0.667. The SMILES string of the molecule is CC1=C[C@]23CCCN2CCc2cc4c(cc2[C@@H]3C1OC(=O)C1(C)CCCC(C)(C)O1)OCO4. The zero-order chi connectivity index (χ0) is 23.0. The third kappa shape index (κ3) is 3.24. The number of carbonyl (C=O) groups is 1. The van der Waals surface area contributed by atoms with E-state index in [0.29, 0.717) is 6.42 Å². The maximum Gasteiger partial charge on any atom is 0.338 e. The summed E-state index contributed by atoms with van der Waals surface area (Å²) in [6.07, 6.45) is 7.92. The molecule has 178 valence electrons. The lowest BCUT2D eigenvalue weighted by molar-refractivity contribution is -0.206. The van der Waals surface area contributed by atoms with Gasteiger partial charge in [-0.15, -0.1) is 0 Å². The summed E-state index contributed by atoms with van der Waals surface area (Å²) in [4.78, 5) is 16.2. The second kappa shape index (κ2) is 7.22. The van der Waals surface area contributed by atoms with Crippen LogP contribution in [0.4, 0.5) is 0 Å². The van der Waals surface area contributed by atoms with Crippen molar-refractivity contribution in [2.45, 2.75) is 95.0 Å². The average Bonchev–Trinajstić information content (AvgIpc) is 3.41. The number of hydrogen-bond donors (Lipinski definition) is 0. The second-order valence-corrected chi connectivity index (χ2v) is 11.4. The molecule has 4 atom stereocenters. The third-order valence-electron chi connectivity index (χ3n) is 8.58. The number of esters is 1. The summed E-state index contributed by atoms with van der Waals surface area (Å²) in [6.45, 7) is 10.5. The first-order valence-electron chi connectivity index (χ1n) is 12.5. The van der Waals surface area contributed by atoms with Crippen LogP contribution in [0.25, 0.3) is 0 Å². The number of hydrogen-bond acceptors (Lipinski definition) is 6. The smallest absolute Gasteiger partial charge is 0.338 e. The Kier molecular flexibility index (Phi) is 4.70. The number of fused-ring (bicyclic) bond motifs is 3. The molecule has 0 radical (unpaired) electrons. The predicted molar refractivity (Wildman–Crippen MR) is 124 cm³/mol. The Labute approximate surface area is 196 Å². The monoisotopic (exact) mass is 453 g/mol. The van der Waals surface area contributed by atoms with Crippen molar-refractivity contribution >= 4 is 5.97 Å². The van der Waals surface area contributed by atoms with Crippen LogP contribution < -0.4 is 9.47 Å². The van der Waals surface area contributed by atoms with Gasteiger partial charge in [0, 0.05) is 12.5 Å². The van der Waals surface area contributed by atoms with Gasteiger partial charge in [-0.1, -0.05) is 6.08 Å². The van der Waals surface area contributed by atoms with Crippen molar-refractivity contribution in [2.75, 3.05) is 19.9 Å². The van der Waals surface area contributed by atoms with Gasteiger partial charge in [-0.2, -0.15) is 0 Å². The Bertz CT molecular complexity index is 1030. The van der Waals surface area contributed by atoms with Crippen molar-refractivity contribution in [3.05, 3.63) is 34.9 Å². The molecule has 0 bridgehead atoms. The molecule has 0 saturated carbocycles. The van der Waals surface area contributed by atoms with Gasteiger partial charge >= 0.3 is 5.97 Å². The topological polar surface area (TPSA) is 57.2 Å². The average molecular weight is 454 g/mol. The van der Waals surface area contributed by atoms with Gasteiger partial charge in [0.15, 0.2) is 17.1 Å². The quantitative estimate of drug-likeness (QED) is 0.486. The van der Waals surface area contributed by atoms with Gasteiger partial charge in [0.05, 0.1) is 11.1 Å². The Morgan fingerprint density at radius 1 is 1.06 bits per heavy atom. The van der Waals surface area contributed by atoms with Crippen LogP contribution in [0.15, 0.2) is 23.8 Å². The molecule has 2 fully saturated rings. The number of carbonyl (C=O) groups excluding carboxylic acids is 1. The lowest BCUT2D eigenvalue weighted by Crippen LogP contribution is -2.52. The molecule has 4 heterocycles. The summed E-state index contributed by atoms with van der Waals surface area (Å²) in [5, 5.41) is 0. The maximum absolute atomic E-state index is 13.6. The van der Waals surface area contributed by atoms with E-state index in [4.69, 9.17) is 18.9 Å². The van der Waals surface area contributed by atoms with Crippen molar-refractivity contribution in [1.29, 1.82) is 0 Å². The summed E-state index contributed by atoms with van der Waals surface area (Å²) in [5.74, 6) is 1.44. The van der Waals surface area contributed by atoms with Gasteiger partial charge in [-0.3, -0.25) is 4.90 Å². The molecule has 0 amide bonds. The Morgan fingerprint density at radius 3 is 2.64 bits per heavy atom. The molecule has 6 rings (SSSR count). The highest BCUT2D eigenvalue weighted by molar-refractivity contribution is 5.80. The van der Waals surface area contributed by atoms with Crippen LogP contribution in [0, 0.1) is 0 Å². The lowest BCUT2D eigenvalue weighted by atomic mass is 9.77. The predicted octanol–water partition coefficient (Wildman–Crippen LogP) is 4.50. The largest absolute Gasteiger partial charge is 0.455 e. The molecule has 0 aromatic heterocycles. The molecule has 1 spiro atoms. The van der Waals surface area contributed by atoms with E-state index < -0.39 is 5.60 Å². The molecule has 1 aromatic rings. The number of benzene rings is 1. The van der Waals surface area contributed by atoms with E-state index in [1.54, 1.807) is 0 Å². The van der Waals surface area contributed by atoms with Gasteiger partial charge in [-0.05, 0) is 102 Å². The second-order valence-electron chi connectivity index (χ2n) is 11.4. The molecular formula is C27H35NO5. The number of nitrogens with zero attached hydrogens (tertiary/aromatic N) is 1. The summed E-state index contributed by atoms with van der Waals surface area (Å²) >= 11 is 0. The highest BCUT2D eigenvalue weighted by atomic mass is 16.7. The summed E-state index contributed by atoms with van der Waals surface area (Å²) in [7, 11) is 0. The van der Waals surface area contributed by atoms with Crippen molar-refractivity contribution in [3.8, 4) is 11.5 Å². The van der Waals surface area contributed by atoms with Crippen LogP contribution >= 0.6 is 0 Å². The molecule has 5 aliphatic rings. The molecule has 6 nitrogen and oxygen atoms in total. The first-order chi connectivity index (χ1) is 15.7. The van der Waals surface area contributed by atoms with Gasteiger partial charge in [0.2, 0.25) is 6.79 Å². The van der Waals surface area contributed by atoms with E-state index in [1.165, 1.54) is 11.1 Å². The molecule has 1 aliphatic carbocycles. The Morgan fingerprint density at radius 2 is 1.85 bits per heavy atom. The Hall–Kier alpha value is -2.05. The minimum absolute atomic E-state index is 0.0520. The summed E-state index contributed by atoms with van der Waals surface area (Å²) < 4.78 is 24.2. The zero-order valence-electron chi connectivity index (χ0n) is 20.2. The van der Waals surface area contributed by atoms with Gasteiger partial charge < -0.3 is 18.9 Å². The summed E-state index contributed by atoms with van der Waals surface area (Å²) in [5.41, 5.74) is 2.33. The third-order valence-corrected chi connectivity index (χ3v) is 8.58. The zero-order valence-corrected chi connectivity index (χ0v) is 20.2. The van der Waals surface area contributed by atoms with E-state index in [9.17, 15) is 4.79 Å². The van der Waals surface area contributed by atoms with Crippen LogP contribution in [0.3, 0.4) is 0 Å². The van der Waals surface area contributed by atoms with Gasteiger partial charge in [-0.25, -0.2) is 4.79 Å². The molecule has 0 N–H and O–H groups in total. The van der Waals surface area contributed by atoms with Crippen molar-refractivity contribution < 1.29 is 23.7 Å². The van der Waals surface area contributed by atoms with E-state index in [1.807, 2.05) is 6.92 Å². The maximum atomic E-state index is 13.6. The van der Waals surface area contributed by atoms with Crippen LogP contribution in [-0.4, -0.2) is 53.6 Å². The van der Waals surface area contributed by atoms with Gasteiger partial charge in [0.25, 0.3) is 0 Å². The van der Waals surface area contributed by atoms with E-state index in [-0.39, 0.29) is 35.9 Å². The standard InChI is InChI=1S/C27H35NO5/c1-17-15-27-10-6-11-28(27)12-7-18-13-20-21(31-16-30-20)14-19(18)22(27)23(17)32-24(29)26(4)9-5-8-25(2,3)33-26/h13-15,22-23H,5-12,16H2,1-4H3/t22-,23?,26?,27+/m1/s1. The first-order valence-corrected chi connectivity index (χ1v) is 12.5. The molecule has 4 aliphatic heterocycles. The van der Waals surface area contributed by atoms with E-state index >= 15 is 0 Å². The molecule has 33 heavy (non-hydrogen) atoms. The fourth-order valence-corrected chi connectivity index (χ4v) is 7.15. The molecule has 6 heteroatoms. The normalized spacial score (nSPS) is 36.4. The first kappa shape index (κ1) is 21.5. The van der Waals surface area contributed by atoms with E-state index in [0.717, 1.165) is 62.3 Å². The number of ether oxygens (including phenoxy) is 4. The van der Waals surface area contributed by atoms with Gasteiger partial charge in [0.1, 0.15) is 6.10 Å². The van der Waals surface area contributed by atoms with Crippen LogP contribution in [0.1, 0.15) is 76.8 Å². The minimum atomic E-state index is -0.907. The Balaban J connectivity index is 1.39. The molecule has 2 unspecified atom stereocenters. The highest BCUT2D eigenvalue weighted by Gasteiger charge is 2.57. The number of rotatable bonds is 2. The van der Waals surface area contributed by atoms with Crippen molar-refractivity contribution in [2.24, 2.45) is 0 Å². The van der Waals surface area contributed by atoms with Crippen molar-refractivity contribution in [3.63, 3.8) is 0 Å². The van der Waals surface area contributed by atoms with Crippen LogP contribution in [0.5, 0.6) is 11.5 Å². The molecule has 1 aromatic carbocycles. The fourth-order valence-electron chi connectivity index (χ4n) is 7.15. The lowest BCUT2D eigenvalue weighted by Gasteiger charge is -2.43. The van der Waals surface area contributed by atoms with Crippen LogP contribution in [0.2, 0.25) is 0 Å².